The van der Waals surface area contributed by atoms with Crippen molar-refractivity contribution in [3.05, 3.63) is 0 Å². The van der Waals surface area contributed by atoms with Gasteiger partial charge in [0.15, 0.2) is 0 Å². The number of carbonyl (C=O) groups is 2. The van der Waals surface area contributed by atoms with Crippen LogP contribution in [0.3, 0.4) is 0 Å². The number of hydrogen-bond donors (Lipinski definition) is 0. The standard InChI is InChI=1S/C9H15FO4/c1-3-5-7(10)14-9(12)6-8(11)13-4-2/h7H,3-6H2,1-2H3. The lowest BCUT2D eigenvalue weighted by Gasteiger charge is -2.08. The van der Waals surface area contributed by atoms with Crippen LogP contribution in [-0.2, 0) is 19.1 Å². The van der Waals surface area contributed by atoms with Gasteiger partial charge in [-0.3, -0.25) is 9.59 Å². The zero-order valence-corrected chi connectivity index (χ0v) is 8.42. The molecule has 0 aromatic rings. The number of ether oxygens (including phenoxy) is 2. The molecule has 1 atom stereocenters. The van der Waals surface area contributed by atoms with Gasteiger partial charge in [-0.2, -0.15) is 0 Å². The Labute approximate surface area is 82.4 Å². The van der Waals surface area contributed by atoms with Gasteiger partial charge in [0.05, 0.1) is 6.61 Å². The summed E-state index contributed by atoms with van der Waals surface area (Å²) in [7, 11) is 0. The minimum Gasteiger partial charge on any atom is -0.466 e. The van der Waals surface area contributed by atoms with Crippen LogP contribution in [0.5, 0.6) is 0 Å². The minimum atomic E-state index is -1.62. The van der Waals surface area contributed by atoms with Crippen LogP contribution in [-0.4, -0.2) is 24.9 Å². The van der Waals surface area contributed by atoms with E-state index >= 15 is 0 Å². The lowest BCUT2D eigenvalue weighted by Crippen LogP contribution is -2.18. The number of alkyl halides is 1. The number of carbonyl (C=O) groups excluding carboxylic acids is 2. The SMILES string of the molecule is CCCC(F)OC(=O)CC(=O)OCC. The summed E-state index contributed by atoms with van der Waals surface area (Å²) in [5, 5.41) is 0. The van der Waals surface area contributed by atoms with Crippen LogP contribution in [0.1, 0.15) is 33.1 Å². The van der Waals surface area contributed by atoms with Gasteiger partial charge in [-0.1, -0.05) is 6.92 Å². The molecular formula is C9H15FO4. The summed E-state index contributed by atoms with van der Waals surface area (Å²) in [5.41, 5.74) is 0. The highest BCUT2D eigenvalue weighted by atomic mass is 19.1. The second-order valence-electron chi connectivity index (χ2n) is 2.67. The van der Waals surface area contributed by atoms with E-state index in [0.717, 1.165) is 0 Å². The van der Waals surface area contributed by atoms with E-state index in [2.05, 4.69) is 9.47 Å². The van der Waals surface area contributed by atoms with Gasteiger partial charge in [0.25, 0.3) is 0 Å². The number of esters is 2. The Morgan fingerprint density at radius 1 is 1.29 bits per heavy atom. The Bertz CT molecular complexity index is 193. The van der Waals surface area contributed by atoms with Crippen molar-refractivity contribution in [2.75, 3.05) is 6.61 Å². The summed E-state index contributed by atoms with van der Waals surface area (Å²) in [5.74, 6) is -1.58. The van der Waals surface area contributed by atoms with Crippen LogP contribution < -0.4 is 0 Å². The Hall–Kier alpha value is -1.13. The highest BCUT2D eigenvalue weighted by Gasteiger charge is 2.16. The van der Waals surface area contributed by atoms with Crippen LogP contribution in [0.15, 0.2) is 0 Å². The summed E-state index contributed by atoms with van der Waals surface area (Å²) >= 11 is 0. The van der Waals surface area contributed by atoms with Crippen molar-refractivity contribution in [1.29, 1.82) is 0 Å². The van der Waals surface area contributed by atoms with E-state index in [1.54, 1.807) is 13.8 Å². The quantitative estimate of drug-likeness (QED) is 0.489. The molecule has 0 radical (unpaired) electrons. The van der Waals surface area contributed by atoms with E-state index in [9.17, 15) is 14.0 Å². The Balaban J connectivity index is 3.69. The van der Waals surface area contributed by atoms with Crippen molar-refractivity contribution in [1.82, 2.24) is 0 Å². The fraction of sp³-hybridized carbons (Fsp3) is 0.778. The minimum absolute atomic E-state index is 0.147. The van der Waals surface area contributed by atoms with Crippen molar-refractivity contribution in [2.45, 2.75) is 39.5 Å². The maximum absolute atomic E-state index is 12.7. The lowest BCUT2D eigenvalue weighted by molar-refractivity contribution is -0.163. The molecule has 0 saturated heterocycles. The number of halogens is 1. The second kappa shape index (κ2) is 7.29. The number of rotatable bonds is 6. The molecule has 5 heteroatoms. The fourth-order valence-electron chi connectivity index (χ4n) is 0.800. The van der Waals surface area contributed by atoms with Gasteiger partial charge < -0.3 is 9.47 Å². The topological polar surface area (TPSA) is 52.6 Å². The van der Waals surface area contributed by atoms with Gasteiger partial charge in [-0.25, -0.2) is 4.39 Å². The van der Waals surface area contributed by atoms with E-state index in [1.807, 2.05) is 0 Å². The summed E-state index contributed by atoms with van der Waals surface area (Å²) in [4.78, 5) is 21.6. The first-order valence-corrected chi connectivity index (χ1v) is 4.59. The zero-order chi connectivity index (χ0) is 11.0. The van der Waals surface area contributed by atoms with Crippen molar-refractivity contribution in [3.8, 4) is 0 Å². The molecule has 0 saturated carbocycles. The van der Waals surface area contributed by atoms with Gasteiger partial charge in [0, 0.05) is 6.42 Å². The first-order chi connectivity index (χ1) is 6.60. The molecule has 14 heavy (non-hydrogen) atoms. The molecule has 0 aromatic heterocycles. The Morgan fingerprint density at radius 2 is 1.93 bits per heavy atom. The molecule has 0 spiro atoms. The first-order valence-electron chi connectivity index (χ1n) is 4.59. The summed E-state index contributed by atoms with van der Waals surface area (Å²) in [6.45, 7) is 3.59. The average Bonchev–Trinajstić information content (AvgIpc) is 2.03. The third kappa shape index (κ3) is 6.39. The molecule has 0 fully saturated rings. The molecule has 0 aliphatic rings. The van der Waals surface area contributed by atoms with E-state index in [-0.39, 0.29) is 13.0 Å². The van der Waals surface area contributed by atoms with E-state index in [4.69, 9.17) is 0 Å². The highest BCUT2D eigenvalue weighted by molar-refractivity contribution is 5.91. The highest BCUT2D eigenvalue weighted by Crippen LogP contribution is 2.05. The Morgan fingerprint density at radius 3 is 2.43 bits per heavy atom. The van der Waals surface area contributed by atoms with Crippen LogP contribution in [0.2, 0.25) is 0 Å². The summed E-state index contributed by atoms with van der Waals surface area (Å²) in [6, 6.07) is 0. The second-order valence-corrected chi connectivity index (χ2v) is 2.67. The maximum Gasteiger partial charge on any atom is 0.319 e. The molecule has 82 valence electrons. The molecule has 0 bridgehead atoms. The predicted molar refractivity (Wildman–Crippen MR) is 47.1 cm³/mol. The maximum atomic E-state index is 12.7. The van der Waals surface area contributed by atoms with Gasteiger partial charge in [0.2, 0.25) is 6.36 Å². The third-order valence-electron chi connectivity index (χ3n) is 1.37. The molecule has 1 unspecified atom stereocenters. The van der Waals surface area contributed by atoms with Crippen molar-refractivity contribution < 1.29 is 23.5 Å². The van der Waals surface area contributed by atoms with Crippen LogP contribution >= 0.6 is 0 Å². The fourth-order valence-corrected chi connectivity index (χ4v) is 0.800. The normalized spacial score (nSPS) is 11.9. The number of hydrogen-bond acceptors (Lipinski definition) is 4. The van der Waals surface area contributed by atoms with Gasteiger partial charge >= 0.3 is 11.9 Å². The summed E-state index contributed by atoms with van der Waals surface area (Å²) in [6.07, 6.45) is -1.43. The molecular weight excluding hydrogens is 191 g/mol. The van der Waals surface area contributed by atoms with Crippen molar-refractivity contribution in [2.24, 2.45) is 0 Å². The average molecular weight is 206 g/mol. The van der Waals surface area contributed by atoms with Crippen molar-refractivity contribution in [3.63, 3.8) is 0 Å². The summed E-state index contributed by atoms with van der Waals surface area (Å²) < 4.78 is 21.5. The lowest BCUT2D eigenvalue weighted by atomic mass is 10.3. The van der Waals surface area contributed by atoms with Crippen LogP contribution in [0.4, 0.5) is 4.39 Å². The van der Waals surface area contributed by atoms with Gasteiger partial charge in [-0.15, -0.1) is 0 Å². The van der Waals surface area contributed by atoms with E-state index in [1.165, 1.54) is 0 Å². The van der Waals surface area contributed by atoms with Crippen LogP contribution in [0, 0.1) is 0 Å². The van der Waals surface area contributed by atoms with Crippen molar-refractivity contribution >= 4 is 11.9 Å². The molecule has 0 rings (SSSR count). The third-order valence-corrected chi connectivity index (χ3v) is 1.37. The smallest absolute Gasteiger partial charge is 0.319 e. The Kier molecular flexibility index (Phi) is 6.70. The monoisotopic (exact) mass is 206 g/mol. The van der Waals surface area contributed by atoms with Gasteiger partial charge in [0.1, 0.15) is 6.42 Å². The van der Waals surface area contributed by atoms with E-state index in [0.29, 0.717) is 6.42 Å². The first kappa shape index (κ1) is 12.9. The molecule has 0 aromatic carbocycles. The van der Waals surface area contributed by atoms with Crippen LogP contribution in [0.25, 0.3) is 0 Å². The molecule has 4 nitrogen and oxygen atoms in total. The molecule has 0 N–H and O–H groups in total. The largest absolute Gasteiger partial charge is 0.466 e. The molecule has 0 heterocycles. The predicted octanol–water partition coefficient (Wildman–Crippen LogP) is 1.58. The molecule has 0 aliphatic heterocycles. The molecule has 0 aliphatic carbocycles. The zero-order valence-electron chi connectivity index (χ0n) is 8.42. The van der Waals surface area contributed by atoms with Gasteiger partial charge in [-0.05, 0) is 13.3 Å². The van der Waals surface area contributed by atoms with E-state index < -0.39 is 24.7 Å². The molecule has 0 amide bonds.